The first-order valence-corrected chi connectivity index (χ1v) is 10.7. The maximum absolute atomic E-state index is 12.4. The molecule has 2 saturated heterocycles. The third-order valence-corrected chi connectivity index (χ3v) is 6.24. The lowest BCUT2D eigenvalue weighted by atomic mass is 10.1. The van der Waals surface area contributed by atoms with Crippen LogP contribution in [0.1, 0.15) is 22.5 Å². The summed E-state index contributed by atoms with van der Waals surface area (Å²) in [4.78, 5) is 17.9. The molecule has 2 aliphatic rings. The monoisotopic (exact) mass is 385 g/mol. The molecule has 2 aromatic rings. The standard InChI is InChI=1S/C21H27N3O2S/c25-21(22-7-10-23-11-13-26-14-12-23)20-15-18(16-27-20)17-3-5-19(6-4-17)24-8-1-2-9-24/h3-6,15-16H,1-2,7-14H2,(H,22,25). The van der Waals surface area contributed by atoms with E-state index in [0.29, 0.717) is 6.54 Å². The number of morpholine rings is 1. The number of rotatable bonds is 6. The minimum absolute atomic E-state index is 0.0215. The summed E-state index contributed by atoms with van der Waals surface area (Å²) in [7, 11) is 0. The number of carbonyl (C=O) groups excluding carboxylic acids is 1. The molecule has 0 aliphatic carbocycles. The van der Waals surface area contributed by atoms with Gasteiger partial charge in [-0.05, 0) is 47.5 Å². The zero-order valence-corrected chi connectivity index (χ0v) is 16.5. The Morgan fingerprint density at radius 2 is 1.78 bits per heavy atom. The van der Waals surface area contributed by atoms with Gasteiger partial charge in [-0.15, -0.1) is 11.3 Å². The van der Waals surface area contributed by atoms with Crippen molar-refractivity contribution in [2.45, 2.75) is 12.8 Å². The molecule has 6 heteroatoms. The van der Waals surface area contributed by atoms with Crippen LogP contribution in [0.4, 0.5) is 5.69 Å². The summed E-state index contributed by atoms with van der Waals surface area (Å²) in [6.07, 6.45) is 2.58. The summed E-state index contributed by atoms with van der Waals surface area (Å²) in [5.74, 6) is 0.0215. The maximum Gasteiger partial charge on any atom is 0.261 e. The first-order valence-electron chi connectivity index (χ1n) is 9.82. The summed E-state index contributed by atoms with van der Waals surface area (Å²) in [5.41, 5.74) is 3.58. The molecule has 1 aromatic heterocycles. The van der Waals surface area contributed by atoms with Crippen LogP contribution in [0.3, 0.4) is 0 Å². The van der Waals surface area contributed by atoms with Gasteiger partial charge >= 0.3 is 0 Å². The first kappa shape index (κ1) is 18.5. The molecular weight excluding hydrogens is 358 g/mol. The van der Waals surface area contributed by atoms with Crippen molar-refractivity contribution in [2.75, 3.05) is 57.4 Å². The molecule has 1 aromatic carbocycles. The third-order valence-electron chi connectivity index (χ3n) is 5.31. The van der Waals surface area contributed by atoms with Crippen molar-refractivity contribution in [3.63, 3.8) is 0 Å². The number of nitrogens with one attached hydrogen (secondary N) is 1. The van der Waals surface area contributed by atoms with Gasteiger partial charge in [0, 0.05) is 45.0 Å². The topological polar surface area (TPSA) is 44.8 Å². The van der Waals surface area contributed by atoms with E-state index >= 15 is 0 Å². The fourth-order valence-corrected chi connectivity index (χ4v) is 4.52. The van der Waals surface area contributed by atoms with Crippen molar-refractivity contribution in [3.8, 4) is 11.1 Å². The van der Waals surface area contributed by atoms with Crippen molar-refractivity contribution >= 4 is 22.9 Å². The van der Waals surface area contributed by atoms with Crippen molar-refractivity contribution in [1.82, 2.24) is 10.2 Å². The van der Waals surface area contributed by atoms with E-state index in [9.17, 15) is 4.79 Å². The Morgan fingerprint density at radius 1 is 1.04 bits per heavy atom. The minimum Gasteiger partial charge on any atom is -0.379 e. The van der Waals surface area contributed by atoms with Crippen LogP contribution in [0, 0.1) is 0 Å². The van der Waals surface area contributed by atoms with Gasteiger partial charge in [-0.3, -0.25) is 9.69 Å². The maximum atomic E-state index is 12.4. The average molecular weight is 386 g/mol. The highest BCUT2D eigenvalue weighted by molar-refractivity contribution is 7.12. The molecule has 0 saturated carbocycles. The number of amides is 1. The third kappa shape index (κ3) is 4.69. The Balaban J connectivity index is 1.31. The van der Waals surface area contributed by atoms with Gasteiger partial charge in [-0.1, -0.05) is 12.1 Å². The molecule has 144 valence electrons. The fraction of sp³-hybridized carbons (Fsp3) is 0.476. The summed E-state index contributed by atoms with van der Waals surface area (Å²) in [6.45, 7) is 7.36. The lowest BCUT2D eigenvalue weighted by Gasteiger charge is -2.26. The summed E-state index contributed by atoms with van der Waals surface area (Å²) >= 11 is 1.51. The van der Waals surface area contributed by atoms with E-state index in [1.807, 2.05) is 6.07 Å². The van der Waals surface area contributed by atoms with Crippen molar-refractivity contribution < 1.29 is 9.53 Å². The molecule has 1 N–H and O–H groups in total. The van der Waals surface area contributed by atoms with Crippen LogP contribution in [0.2, 0.25) is 0 Å². The molecule has 0 spiro atoms. The number of benzene rings is 1. The van der Waals surface area contributed by atoms with Crippen LogP contribution in [0.5, 0.6) is 0 Å². The van der Waals surface area contributed by atoms with Crippen LogP contribution in [-0.2, 0) is 4.74 Å². The predicted molar refractivity (Wildman–Crippen MR) is 111 cm³/mol. The molecule has 0 bridgehead atoms. The lowest BCUT2D eigenvalue weighted by molar-refractivity contribution is 0.0383. The van der Waals surface area contributed by atoms with Gasteiger partial charge in [-0.25, -0.2) is 0 Å². The number of nitrogens with zero attached hydrogens (tertiary/aromatic N) is 2. The SMILES string of the molecule is O=C(NCCN1CCOCC1)c1cc(-c2ccc(N3CCCC3)cc2)cs1. The molecule has 1 amide bonds. The van der Waals surface area contributed by atoms with E-state index in [0.717, 1.165) is 56.4 Å². The summed E-state index contributed by atoms with van der Waals surface area (Å²) in [6, 6.07) is 10.7. The van der Waals surface area contributed by atoms with Crippen molar-refractivity contribution in [3.05, 3.63) is 40.6 Å². The van der Waals surface area contributed by atoms with Crippen LogP contribution >= 0.6 is 11.3 Å². The Morgan fingerprint density at radius 3 is 2.52 bits per heavy atom. The smallest absolute Gasteiger partial charge is 0.261 e. The molecule has 5 nitrogen and oxygen atoms in total. The zero-order chi connectivity index (χ0) is 18.5. The van der Waals surface area contributed by atoms with Crippen molar-refractivity contribution in [2.24, 2.45) is 0 Å². The Hall–Kier alpha value is -1.89. The summed E-state index contributed by atoms with van der Waals surface area (Å²) < 4.78 is 5.35. The Bertz CT molecular complexity index is 747. The lowest BCUT2D eigenvalue weighted by Crippen LogP contribution is -2.41. The number of thiophene rings is 1. The number of ether oxygens (including phenoxy) is 1. The van der Waals surface area contributed by atoms with E-state index in [1.165, 1.54) is 35.4 Å². The first-order chi connectivity index (χ1) is 13.3. The molecule has 27 heavy (non-hydrogen) atoms. The second kappa shape index (κ2) is 8.87. The van der Waals surface area contributed by atoms with Gasteiger partial charge in [0.25, 0.3) is 5.91 Å². The van der Waals surface area contributed by atoms with E-state index < -0.39 is 0 Å². The van der Waals surface area contributed by atoms with Gasteiger partial charge in [0.05, 0.1) is 18.1 Å². The summed E-state index contributed by atoms with van der Waals surface area (Å²) in [5, 5.41) is 5.11. The molecule has 3 heterocycles. The average Bonchev–Trinajstić information content (AvgIpc) is 3.41. The second-order valence-electron chi connectivity index (χ2n) is 7.15. The van der Waals surface area contributed by atoms with Crippen LogP contribution in [0.15, 0.2) is 35.7 Å². The number of anilines is 1. The zero-order valence-electron chi connectivity index (χ0n) is 15.7. The highest BCUT2D eigenvalue weighted by Crippen LogP contribution is 2.28. The van der Waals surface area contributed by atoms with Crippen molar-refractivity contribution in [1.29, 1.82) is 0 Å². The molecule has 0 radical (unpaired) electrons. The largest absolute Gasteiger partial charge is 0.379 e. The van der Waals surface area contributed by atoms with Crippen LogP contribution in [-0.4, -0.2) is 63.3 Å². The van der Waals surface area contributed by atoms with E-state index in [2.05, 4.69) is 44.8 Å². The molecule has 0 atom stereocenters. The quantitative estimate of drug-likeness (QED) is 0.830. The van der Waals surface area contributed by atoms with Gasteiger partial charge in [0.15, 0.2) is 0 Å². The van der Waals surface area contributed by atoms with Gasteiger partial charge < -0.3 is 15.0 Å². The Kier molecular flexibility index (Phi) is 6.07. The molecule has 2 aliphatic heterocycles. The highest BCUT2D eigenvalue weighted by Gasteiger charge is 2.14. The number of hydrogen-bond acceptors (Lipinski definition) is 5. The number of carbonyl (C=O) groups is 1. The van der Waals surface area contributed by atoms with Crippen LogP contribution in [0.25, 0.3) is 11.1 Å². The normalized spacial score (nSPS) is 18.0. The molecule has 4 rings (SSSR count). The predicted octanol–water partition coefficient (Wildman–Crippen LogP) is 3.08. The molecule has 0 unspecified atom stereocenters. The highest BCUT2D eigenvalue weighted by atomic mass is 32.1. The molecular formula is C21H27N3O2S. The van der Waals surface area contributed by atoms with Crippen LogP contribution < -0.4 is 10.2 Å². The fourth-order valence-electron chi connectivity index (χ4n) is 3.69. The van der Waals surface area contributed by atoms with E-state index in [1.54, 1.807) is 0 Å². The van der Waals surface area contributed by atoms with E-state index in [4.69, 9.17) is 4.74 Å². The number of hydrogen-bond donors (Lipinski definition) is 1. The van der Waals surface area contributed by atoms with Gasteiger partial charge in [-0.2, -0.15) is 0 Å². The Labute approximate surface area is 164 Å². The minimum atomic E-state index is 0.0215. The molecule has 2 fully saturated rings. The second-order valence-corrected chi connectivity index (χ2v) is 8.06. The van der Waals surface area contributed by atoms with Gasteiger partial charge in [0.2, 0.25) is 0 Å². The van der Waals surface area contributed by atoms with Gasteiger partial charge in [0.1, 0.15) is 0 Å². The van der Waals surface area contributed by atoms with E-state index in [-0.39, 0.29) is 5.91 Å².